The maximum absolute atomic E-state index is 11.3. The molecule has 1 aromatic heterocycles. The van der Waals surface area contributed by atoms with E-state index in [9.17, 15) is 9.90 Å². The molecule has 0 aliphatic heterocycles. The third kappa shape index (κ3) is 3.92. The van der Waals surface area contributed by atoms with Crippen LogP contribution < -0.4 is 4.84 Å². The number of para-hydroxylation sites is 1. The van der Waals surface area contributed by atoms with E-state index < -0.39 is 12.0 Å². The van der Waals surface area contributed by atoms with Crippen LogP contribution in [0.2, 0.25) is 0 Å². The van der Waals surface area contributed by atoms with E-state index >= 15 is 0 Å². The predicted octanol–water partition coefficient (Wildman–Crippen LogP) is 4.55. The van der Waals surface area contributed by atoms with Gasteiger partial charge in [-0.2, -0.15) is 0 Å². The average molecular weight is 371 g/mol. The van der Waals surface area contributed by atoms with E-state index in [1.807, 2.05) is 24.4 Å². The van der Waals surface area contributed by atoms with Crippen molar-refractivity contribution in [3.63, 3.8) is 0 Å². The van der Waals surface area contributed by atoms with Crippen molar-refractivity contribution < 1.29 is 9.90 Å². The van der Waals surface area contributed by atoms with Gasteiger partial charge in [0.2, 0.25) is 0 Å². The van der Waals surface area contributed by atoms with E-state index in [4.69, 9.17) is 11.8 Å². The monoisotopic (exact) mass is 370 g/mol. The van der Waals surface area contributed by atoms with Gasteiger partial charge < -0.3 is 9.67 Å². The fourth-order valence-corrected chi connectivity index (χ4v) is 3.38. The largest absolute Gasteiger partial charge is 0.480 e. The second kappa shape index (κ2) is 7.94. The van der Waals surface area contributed by atoms with Gasteiger partial charge in [-0.05, 0) is 40.5 Å². The minimum atomic E-state index is -0.957. The average Bonchev–Trinajstić information content (AvgIpc) is 2.97. The van der Waals surface area contributed by atoms with Crippen LogP contribution in [0.4, 0.5) is 0 Å². The van der Waals surface area contributed by atoms with Gasteiger partial charge in [0.05, 0.1) is 0 Å². The van der Waals surface area contributed by atoms with Gasteiger partial charge in [-0.25, -0.2) is 4.84 Å². The van der Waals surface area contributed by atoms with E-state index in [-0.39, 0.29) is 0 Å². The lowest BCUT2D eigenvalue weighted by molar-refractivity contribution is -0.138. The van der Waals surface area contributed by atoms with Crippen LogP contribution in [0.15, 0.2) is 54.7 Å². The topological polar surface area (TPSA) is 54.3 Å². The van der Waals surface area contributed by atoms with Crippen LogP contribution >= 0.6 is 11.8 Å². The van der Waals surface area contributed by atoms with Crippen LogP contribution in [-0.2, 0) is 17.8 Å². The van der Waals surface area contributed by atoms with Crippen molar-refractivity contribution in [1.29, 1.82) is 0 Å². The first-order valence-electron chi connectivity index (χ1n) is 8.74. The van der Waals surface area contributed by atoms with Crippen molar-refractivity contribution in [3.8, 4) is 0 Å². The van der Waals surface area contributed by atoms with Crippen LogP contribution in [0.25, 0.3) is 10.9 Å². The van der Waals surface area contributed by atoms with Crippen LogP contribution in [0.5, 0.6) is 0 Å². The van der Waals surface area contributed by atoms with Gasteiger partial charge in [0.1, 0.15) is 6.04 Å². The molecule has 2 N–H and O–H groups in total. The Morgan fingerprint density at radius 3 is 2.46 bits per heavy atom. The maximum atomic E-state index is 11.3. The molecule has 0 aliphatic rings. The Bertz CT molecular complexity index is 900. The molecule has 5 heteroatoms. The van der Waals surface area contributed by atoms with E-state index in [1.165, 1.54) is 11.1 Å². The van der Waals surface area contributed by atoms with Gasteiger partial charge in [-0.3, -0.25) is 4.79 Å². The second-order valence-corrected chi connectivity index (χ2v) is 7.12. The molecule has 0 bridgehead atoms. The quantitative estimate of drug-likeness (QED) is 0.600. The smallest absolute Gasteiger partial charge is 0.322 e. The highest BCUT2D eigenvalue weighted by molar-refractivity contribution is 6.14. The number of halogens is 1. The number of carboxylic acids is 1. The molecule has 0 radical (unpaired) electrons. The number of aromatic nitrogens is 1. The summed E-state index contributed by atoms with van der Waals surface area (Å²) in [5.41, 5.74) is 4.60. The zero-order valence-electron chi connectivity index (χ0n) is 14.9. The maximum Gasteiger partial charge on any atom is 0.322 e. The highest BCUT2D eigenvalue weighted by Crippen LogP contribution is 2.24. The summed E-state index contributed by atoms with van der Waals surface area (Å²) in [5, 5.41) is 10.3. The van der Waals surface area contributed by atoms with Crippen LogP contribution in [0, 0.1) is 0 Å². The summed E-state index contributed by atoms with van der Waals surface area (Å²) < 4.78 is 2.17. The van der Waals surface area contributed by atoms with Crippen molar-refractivity contribution in [2.75, 3.05) is 0 Å². The van der Waals surface area contributed by atoms with Crippen LogP contribution in [0.1, 0.15) is 36.5 Å². The zero-order valence-corrected chi connectivity index (χ0v) is 15.7. The molecule has 136 valence electrons. The highest BCUT2D eigenvalue weighted by atomic mass is 35.5. The lowest BCUT2D eigenvalue weighted by Gasteiger charge is -2.09. The minimum absolute atomic E-state index is 0.332. The number of benzene rings is 2. The molecule has 3 rings (SSSR count). The molecule has 26 heavy (non-hydrogen) atoms. The standard InChI is InChI=1S/C21H23ClN2O2/c1-14(2)16-9-7-15(8-10-16)12-24-13-17(11-19(23-22)21(25)26)18-5-3-4-6-20(18)24/h3-10,13-14,19,23H,11-12H2,1-2H3,(H,25,26)/t19-/m0/s1. The number of hydrogen-bond acceptors (Lipinski definition) is 2. The molecule has 0 spiro atoms. The summed E-state index contributed by atoms with van der Waals surface area (Å²) in [5.74, 6) is -0.444. The number of aliphatic carboxylic acids is 1. The van der Waals surface area contributed by atoms with Gasteiger partial charge in [0.25, 0.3) is 0 Å². The van der Waals surface area contributed by atoms with Crippen molar-refractivity contribution >= 4 is 28.6 Å². The molecule has 1 heterocycles. The van der Waals surface area contributed by atoms with Crippen LogP contribution in [0.3, 0.4) is 0 Å². The Morgan fingerprint density at radius 1 is 1.15 bits per heavy atom. The highest BCUT2D eigenvalue weighted by Gasteiger charge is 2.19. The number of carboxylic acid groups (broad SMARTS) is 1. The number of rotatable bonds is 7. The normalized spacial score (nSPS) is 12.6. The Hall–Kier alpha value is -2.30. The summed E-state index contributed by atoms with van der Waals surface area (Å²) in [6, 6.07) is 15.9. The molecular weight excluding hydrogens is 348 g/mol. The summed E-state index contributed by atoms with van der Waals surface area (Å²) in [7, 11) is 0. The summed E-state index contributed by atoms with van der Waals surface area (Å²) in [4.78, 5) is 13.7. The molecule has 0 unspecified atom stereocenters. The fourth-order valence-electron chi connectivity index (χ4n) is 3.21. The van der Waals surface area contributed by atoms with Crippen molar-refractivity contribution in [2.45, 2.75) is 38.8 Å². The first-order valence-corrected chi connectivity index (χ1v) is 9.12. The number of hydrogen-bond donors (Lipinski definition) is 2. The SMILES string of the molecule is CC(C)c1ccc(Cn2cc(C[C@H](NCl)C(=O)O)c3ccccc32)cc1. The summed E-state index contributed by atoms with van der Waals surface area (Å²) >= 11 is 5.60. The number of carbonyl (C=O) groups is 1. The Kier molecular flexibility index (Phi) is 5.64. The van der Waals surface area contributed by atoms with E-state index in [0.717, 1.165) is 23.0 Å². The molecule has 4 nitrogen and oxygen atoms in total. The number of fused-ring (bicyclic) bond motifs is 1. The Morgan fingerprint density at radius 2 is 1.85 bits per heavy atom. The second-order valence-electron chi connectivity index (χ2n) is 6.90. The van der Waals surface area contributed by atoms with Crippen LogP contribution in [-0.4, -0.2) is 21.7 Å². The van der Waals surface area contributed by atoms with Crippen molar-refractivity contribution in [3.05, 3.63) is 71.4 Å². The Labute approximate surface area is 158 Å². The molecule has 0 aliphatic carbocycles. The molecule has 1 atom stereocenters. The van der Waals surface area contributed by atoms with Gasteiger partial charge >= 0.3 is 5.97 Å². The Balaban J connectivity index is 1.92. The third-order valence-electron chi connectivity index (χ3n) is 4.72. The van der Waals surface area contributed by atoms with E-state index in [0.29, 0.717) is 12.3 Å². The predicted molar refractivity (Wildman–Crippen MR) is 106 cm³/mol. The molecule has 3 aromatic rings. The lowest BCUT2D eigenvalue weighted by atomic mass is 10.0. The molecular formula is C21H23ClN2O2. The van der Waals surface area contributed by atoms with Gasteiger partial charge in [-0.15, -0.1) is 0 Å². The van der Waals surface area contributed by atoms with E-state index in [2.05, 4.69) is 53.6 Å². The van der Waals surface area contributed by atoms with E-state index in [1.54, 1.807) is 0 Å². The fraction of sp³-hybridized carbons (Fsp3) is 0.286. The first-order chi connectivity index (χ1) is 12.5. The third-order valence-corrected chi connectivity index (χ3v) is 4.99. The van der Waals surface area contributed by atoms with Crippen molar-refractivity contribution in [2.24, 2.45) is 0 Å². The van der Waals surface area contributed by atoms with Gasteiger partial charge in [-0.1, -0.05) is 56.3 Å². The minimum Gasteiger partial charge on any atom is -0.480 e. The van der Waals surface area contributed by atoms with Crippen molar-refractivity contribution in [1.82, 2.24) is 9.40 Å². The molecule has 0 saturated heterocycles. The molecule has 0 amide bonds. The lowest BCUT2D eigenvalue weighted by Crippen LogP contribution is -2.32. The molecule has 0 fully saturated rings. The van der Waals surface area contributed by atoms with Gasteiger partial charge in [0.15, 0.2) is 0 Å². The number of nitrogens with one attached hydrogen (secondary N) is 1. The molecule has 2 aromatic carbocycles. The summed E-state index contributed by atoms with van der Waals surface area (Å²) in [6.45, 7) is 5.11. The molecule has 0 saturated carbocycles. The first kappa shape index (κ1) is 18.5. The summed E-state index contributed by atoms with van der Waals surface area (Å²) in [6.07, 6.45) is 2.36. The van der Waals surface area contributed by atoms with Gasteiger partial charge in [0, 0.05) is 30.1 Å². The number of nitrogens with zero attached hydrogens (tertiary/aromatic N) is 1. The zero-order chi connectivity index (χ0) is 18.7.